The van der Waals surface area contributed by atoms with E-state index in [4.69, 9.17) is 14.5 Å². The van der Waals surface area contributed by atoms with Crippen molar-refractivity contribution in [3.8, 4) is 23.1 Å². The van der Waals surface area contributed by atoms with E-state index in [9.17, 15) is 0 Å². The van der Waals surface area contributed by atoms with Crippen LogP contribution in [0.1, 0.15) is 5.69 Å². The first-order valence-electron chi connectivity index (χ1n) is 6.39. The van der Waals surface area contributed by atoms with Crippen LogP contribution in [0.3, 0.4) is 0 Å². The lowest BCUT2D eigenvalue weighted by Crippen LogP contribution is -1.95. The summed E-state index contributed by atoms with van der Waals surface area (Å²) < 4.78 is 10.6. The summed E-state index contributed by atoms with van der Waals surface area (Å²) in [6, 6.07) is 11.1. The van der Waals surface area contributed by atoms with E-state index < -0.39 is 0 Å². The highest BCUT2D eigenvalue weighted by molar-refractivity contribution is 5.68. The van der Waals surface area contributed by atoms with Crippen LogP contribution in [0.4, 0.5) is 11.6 Å². The Morgan fingerprint density at radius 1 is 1.18 bits per heavy atom. The average molecular weight is 293 g/mol. The van der Waals surface area contributed by atoms with Gasteiger partial charge in [-0.25, -0.2) is 9.97 Å². The zero-order valence-electron chi connectivity index (χ0n) is 11.6. The predicted octanol–water partition coefficient (Wildman–Crippen LogP) is 2.76. The number of nitrogens with zero attached hydrogens (tertiary/aromatic N) is 4. The van der Waals surface area contributed by atoms with Crippen molar-refractivity contribution in [3.05, 3.63) is 48.4 Å². The number of rotatable bonds is 4. The molecule has 0 aliphatic heterocycles. The molecule has 1 N–H and O–H groups in total. The highest BCUT2D eigenvalue weighted by atomic mass is 16.5. The number of hydrogen-bond donors (Lipinski definition) is 1. The lowest BCUT2D eigenvalue weighted by molar-refractivity contribution is 0.407. The molecule has 3 aromatic rings. The maximum Gasteiger partial charge on any atom is 0.175 e. The number of benzene rings is 1. The Morgan fingerprint density at radius 3 is 2.77 bits per heavy atom. The normalized spacial score (nSPS) is 10.0. The smallest absolute Gasteiger partial charge is 0.175 e. The zero-order chi connectivity index (χ0) is 15.4. The highest BCUT2D eigenvalue weighted by Gasteiger charge is 2.11. The van der Waals surface area contributed by atoms with Crippen LogP contribution >= 0.6 is 0 Å². The maximum atomic E-state index is 8.68. The molecule has 7 heteroatoms. The van der Waals surface area contributed by atoms with Gasteiger partial charge in [-0.1, -0.05) is 17.3 Å². The molecule has 7 nitrogen and oxygen atoms in total. The molecule has 0 aliphatic rings. The topological polar surface area (TPSA) is 96.9 Å². The van der Waals surface area contributed by atoms with E-state index in [1.807, 2.05) is 30.3 Å². The molecule has 0 saturated heterocycles. The van der Waals surface area contributed by atoms with E-state index in [2.05, 4.69) is 20.4 Å². The van der Waals surface area contributed by atoms with Crippen molar-refractivity contribution in [2.75, 3.05) is 12.4 Å². The third-order valence-corrected chi connectivity index (χ3v) is 2.91. The van der Waals surface area contributed by atoms with Gasteiger partial charge in [0.2, 0.25) is 0 Å². The maximum absolute atomic E-state index is 8.68. The van der Waals surface area contributed by atoms with E-state index in [1.165, 1.54) is 12.4 Å². The number of aromatic nitrogens is 3. The molecule has 2 aromatic heterocycles. The lowest BCUT2D eigenvalue weighted by atomic mass is 10.1. The van der Waals surface area contributed by atoms with E-state index in [0.717, 1.165) is 5.56 Å². The van der Waals surface area contributed by atoms with Crippen LogP contribution in [0.5, 0.6) is 5.75 Å². The molecular weight excluding hydrogens is 282 g/mol. The van der Waals surface area contributed by atoms with Crippen molar-refractivity contribution < 1.29 is 9.26 Å². The third kappa shape index (κ3) is 2.71. The van der Waals surface area contributed by atoms with Crippen molar-refractivity contribution in [1.29, 1.82) is 5.26 Å². The molecule has 0 bridgehead atoms. The number of para-hydroxylation sites is 1. The first-order valence-corrected chi connectivity index (χ1v) is 6.39. The number of nitrogens with one attached hydrogen (secondary N) is 1. The van der Waals surface area contributed by atoms with Gasteiger partial charge in [0.15, 0.2) is 17.3 Å². The fraction of sp³-hybridized carbons (Fsp3) is 0.0667. The molecule has 0 radical (unpaired) electrons. The van der Waals surface area contributed by atoms with Crippen molar-refractivity contribution in [2.45, 2.75) is 0 Å². The summed E-state index contributed by atoms with van der Waals surface area (Å²) in [6.45, 7) is 0. The molecule has 2 heterocycles. The zero-order valence-corrected chi connectivity index (χ0v) is 11.6. The lowest BCUT2D eigenvalue weighted by Gasteiger charge is -2.03. The van der Waals surface area contributed by atoms with E-state index in [0.29, 0.717) is 23.1 Å². The summed E-state index contributed by atoms with van der Waals surface area (Å²) in [6.07, 6.45) is 2.83. The largest absolute Gasteiger partial charge is 0.496 e. The van der Waals surface area contributed by atoms with Crippen molar-refractivity contribution in [3.63, 3.8) is 0 Å². The quantitative estimate of drug-likeness (QED) is 0.789. The summed E-state index contributed by atoms with van der Waals surface area (Å²) in [5, 5.41) is 15.6. The molecule has 0 spiro atoms. The number of methoxy groups -OCH3 is 1. The minimum absolute atomic E-state index is 0.250. The third-order valence-electron chi connectivity index (χ3n) is 2.91. The second-order valence-electron chi connectivity index (χ2n) is 4.30. The van der Waals surface area contributed by atoms with Gasteiger partial charge in [0.05, 0.1) is 25.1 Å². The first kappa shape index (κ1) is 13.6. The van der Waals surface area contributed by atoms with Crippen LogP contribution < -0.4 is 10.1 Å². The SMILES string of the molecule is COc1ccccc1-c1cc(Nc2cnc(C#N)cn2)no1. The molecule has 0 saturated carbocycles. The molecule has 0 atom stereocenters. The standard InChI is InChI=1S/C15H11N5O2/c1-21-12-5-3-2-4-11(12)13-6-14(20-22-13)19-15-9-17-10(7-16)8-18-15/h2-6,8-9H,1H3,(H,18,19,20). The summed E-state index contributed by atoms with van der Waals surface area (Å²) >= 11 is 0. The molecule has 3 rings (SSSR count). The Hall–Kier alpha value is -3.40. The molecule has 0 aliphatic carbocycles. The Morgan fingerprint density at radius 2 is 2.05 bits per heavy atom. The number of hydrogen-bond acceptors (Lipinski definition) is 7. The van der Waals surface area contributed by atoms with Gasteiger partial charge in [0.25, 0.3) is 0 Å². The Kier molecular flexibility index (Phi) is 3.66. The number of anilines is 2. The average Bonchev–Trinajstić information content (AvgIpc) is 3.04. The van der Waals surface area contributed by atoms with Crippen LogP contribution in [0, 0.1) is 11.3 Å². The minimum Gasteiger partial charge on any atom is -0.496 e. The van der Waals surface area contributed by atoms with Gasteiger partial charge in [-0.2, -0.15) is 5.26 Å². The molecule has 0 amide bonds. The van der Waals surface area contributed by atoms with Crippen LogP contribution in [0.25, 0.3) is 11.3 Å². The van der Waals surface area contributed by atoms with Gasteiger partial charge in [-0.3, -0.25) is 0 Å². The van der Waals surface area contributed by atoms with Gasteiger partial charge < -0.3 is 14.6 Å². The fourth-order valence-corrected chi connectivity index (χ4v) is 1.89. The summed E-state index contributed by atoms with van der Waals surface area (Å²) in [4.78, 5) is 7.98. The summed E-state index contributed by atoms with van der Waals surface area (Å²) in [7, 11) is 1.60. The Labute approximate surface area is 126 Å². The number of nitriles is 1. The Balaban J connectivity index is 1.83. The van der Waals surface area contributed by atoms with Gasteiger partial charge in [-0.05, 0) is 12.1 Å². The second-order valence-corrected chi connectivity index (χ2v) is 4.30. The second kappa shape index (κ2) is 5.93. The molecular formula is C15H11N5O2. The minimum atomic E-state index is 0.250. The van der Waals surface area contributed by atoms with E-state index >= 15 is 0 Å². The van der Waals surface area contributed by atoms with Gasteiger partial charge in [0.1, 0.15) is 17.6 Å². The van der Waals surface area contributed by atoms with E-state index in [1.54, 1.807) is 13.2 Å². The molecule has 108 valence electrons. The Bertz CT molecular complexity index is 820. The monoisotopic (exact) mass is 293 g/mol. The first-order chi connectivity index (χ1) is 10.8. The highest BCUT2D eigenvalue weighted by Crippen LogP contribution is 2.31. The van der Waals surface area contributed by atoms with Crippen molar-refractivity contribution in [1.82, 2.24) is 15.1 Å². The molecule has 22 heavy (non-hydrogen) atoms. The molecule has 1 aromatic carbocycles. The summed E-state index contributed by atoms with van der Waals surface area (Å²) in [5.41, 5.74) is 1.05. The van der Waals surface area contributed by atoms with Crippen molar-refractivity contribution in [2.24, 2.45) is 0 Å². The van der Waals surface area contributed by atoms with Crippen LogP contribution in [-0.2, 0) is 0 Å². The van der Waals surface area contributed by atoms with Crippen LogP contribution in [0.15, 0.2) is 47.2 Å². The van der Waals surface area contributed by atoms with Crippen LogP contribution in [0.2, 0.25) is 0 Å². The van der Waals surface area contributed by atoms with E-state index in [-0.39, 0.29) is 5.69 Å². The van der Waals surface area contributed by atoms with Gasteiger partial charge in [-0.15, -0.1) is 0 Å². The summed E-state index contributed by atoms with van der Waals surface area (Å²) in [5.74, 6) is 2.23. The predicted molar refractivity (Wildman–Crippen MR) is 78.5 cm³/mol. The molecule has 0 unspecified atom stereocenters. The van der Waals surface area contributed by atoms with Gasteiger partial charge in [0, 0.05) is 6.07 Å². The molecule has 0 fully saturated rings. The fourth-order valence-electron chi connectivity index (χ4n) is 1.89. The van der Waals surface area contributed by atoms with Gasteiger partial charge >= 0.3 is 0 Å². The number of ether oxygens (including phenoxy) is 1. The van der Waals surface area contributed by atoms with Crippen LogP contribution in [-0.4, -0.2) is 22.2 Å². The van der Waals surface area contributed by atoms with Crippen molar-refractivity contribution >= 4 is 11.6 Å².